The van der Waals surface area contributed by atoms with Crippen LogP contribution in [0.15, 0.2) is 0 Å². The van der Waals surface area contributed by atoms with Gasteiger partial charge in [0.15, 0.2) is 0 Å². The van der Waals surface area contributed by atoms with Crippen LogP contribution in [0, 0.1) is 0 Å². The highest BCUT2D eigenvalue weighted by molar-refractivity contribution is 7.99. The number of carbonyl (C=O) groups is 1. The van der Waals surface area contributed by atoms with Crippen molar-refractivity contribution in [2.24, 2.45) is 0 Å². The van der Waals surface area contributed by atoms with Crippen LogP contribution in [-0.4, -0.2) is 36.5 Å². The van der Waals surface area contributed by atoms with Crippen LogP contribution in [0.3, 0.4) is 0 Å². The molecule has 1 aliphatic carbocycles. The molecule has 0 heterocycles. The summed E-state index contributed by atoms with van der Waals surface area (Å²) in [6.45, 7) is 3.43. The zero-order valence-electron chi connectivity index (χ0n) is 11.1. The van der Waals surface area contributed by atoms with E-state index in [2.05, 4.69) is 23.8 Å². The van der Waals surface area contributed by atoms with Gasteiger partial charge in [0.05, 0.1) is 6.54 Å². The number of unbranched alkanes of at least 4 members (excludes halogenated alkanes) is 1. The molecule has 0 aromatic carbocycles. The fourth-order valence-corrected chi connectivity index (χ4v) is 3.27. The van der Waals surface area contributed by atoms with E-state index in [1.165, 1.54) is 25.7 Å². The SMILES string of the molecule is CCCCNC(=O)CNC1CCCCC1SC. The Balaban J connectivity index is 2.17. The van der Waals surface area contributed by atoms with Crippen molar-refractivity contribution < 1.29 is 4.79 Å². The number of nitrogens with one attached hydrogen (secondary N) is 2. The first-order valence-corrected chi connectivity index (χ1v) is 8.09. The van der Waals surface area contributed by atoms with Crippen molar-refractivity contribution in [2.45, 2.75) is 56.7 Å². The van der Waals surface area contributed by atoms with Crippen molar-refractivity contribution in [1.82, 2.24) is 10.6 Å². The lowest BCUT2D eigenvalue weighted by molar-refractivity contribution is -0.120. The Bertz CT molecular complexity index is 223. The van der Waals surface area contributed by atoms with Crippen LogP contribution in [0.1, 0.15) is 45.4 Å². The van der Waals surface area contributed by atoms with E-state index in [9.17, 15) is 4.79 Å². The maximum atomic E-state index is 11.6. The summed E-state index contributed by atoms with van der Waals surface area (Å²) in [5.74, 6) is 0.142. The van der Waals surface area contributed by atoms with Crippen LogP contribution in [0.25, 0.3) is 0 Å². The van der Waals surface area contributed by atoms with Crippen LogP contribution in [0.5, 0.6) is 0 Å². The molecule has 0 spiro atoms. The highest BCUT2D eigenvalue weighted by atomic mass is 32.2. The zero-order valence-corrected chi connectivity index (χ0v) is 11.9. The smallest absolute Gasteiger partial charge is 0.233 e. The highest BCUT2D eigenvalue weighted by Gasteiger charge is 2.24. The molecule has 1 amide bonds. The molecule has 4 heteroatoms. The van der Waals surface area contributed by atoms with Gasteiger partial charge in [-0.3, -0.25) is 4.79 Å². The van der Waals surface area contributed by atoms with Crippen LogP contribution >= 0.6 is 11.8 Å². The number of rotatable bonds is 7. The number of thioether (sulfide) groups is 1. The third-order valence-electron chi connectivity index (χ3n) is 3.38. The van der Waals surface area contributed by atoms with Gasteiger partial charge in [-0.2, -0.15) is 11.8 Å². The van der Waals surface area contributed by atoms with E-state index in [1.54, 1.807) is 0 Å². The Morgan fingerprint density at radius 1 is 1.35 bits per heavy atom. The average molecular weight is 258 g/mol. The molecule has 1 aliphatic rings. The molecule has 1 fully saturated rings. The minimum Gasteiger partial charge on any atom is -0.355 e. The minimum atomic E-state index is 0.142. The lowest BCUT2D eigenvalue weighted by Crippen LogP contribution is -2.45. The topological polar surface area (TPSA) is 41.1 Å². The van der Waals surface area contributed by atoms with Gasteiger partial charge in [0.2, 0.25) is 5.91 Å². The van der Waals surface area contributed by atoms with Crippen molar-refractivity contribution >= 4 is 17.7 Å². The molecule has 0 aromatic heterocycles. The third-order valence-corrected chi connectivity index (χ3v) is 4.55. The number of amides is 1. The molecular formula is C13H26N2OS. The maximum Gasteiger partial charge on any atom is 0.233 e. The summed E-state index contributed by atoms with van der Waals surface area (Å²) in [7, 11) is 0. The van der Waals surface area contributed by atoms with Crippen molar-refractivity contribution in [2.75, 3.05) is 19.3 Å². The second-order valence-electron chi connectivity index (χ2n) is 4.75. The summed E-state index contributed by atoms with van der Waals surface area (Å²) in [5.41, 5.74) is 0. The Kier molecular flexibility index (Phi) is 7.69. The lowest BCUT2D eigenvalue weighted by atomic mass is 9.95. The first-order chi connectivity index (χ1) is 8.27. The fraction of sp³-hybridized carbons (Fsp3) is 0.923. The summed E-state index contributed by atoms with van der Waals surface area (Å²) in [5, 5.41) is 7.05. The first kappa shape index (κ1) is 14.8. The molecule has 17 heavy (non-hydrogen) atoms. The molecule has 1 rings (SSSR count). The molecule has 2 unspecified atom stereocenters. The van der Waals surface area contributed by atoms with Crippen LogP contribution < -0.4 is 10.6 Å². The number of hydrogen-bond donors (Lipinski definition) is 2. The Labute approximate surface area is 109 Å². The van der Waals surface area contributed by atoms with Gasteiger partial charge >= 0.3 is 0 Å². The molecule has 0 aliphatic heterocycles. The van der Waals surface area contributed by atoms with E-state index >= 15 is 0 Å². The number of hydrogen-bond acceptors (Lipinski definition) is 3. The summed E-state index contributed by atoms with van der Waals surface area (Å²) in [4.78, 5) is 11.6. The molecular weight excluding hydrogens is 232 g/mol. The van der Waals surface area contributed by atoms with Gasteiger partial charge in [-0.1, -0.05) is 26.2 Å². The van der Waals surface area contributed by atoms with E-state index in [0.29, 0.717) is 17.8 Å². The predicted molar refractivity (Wildman–Crippen MR) is 75.5 cm³/mol. The van der Waals surface area contributed by atoms with E-state index < -0.39 is 0 Å². The predicted octanol–water partition coefficient (Wildman–Crippen LogP) is 2.17. The van der Waals surface area contributed by atoms with Crippen molar-refractivity contribution in [3.8, 4) is 0 Å². The van der Waals surface area contributed by atoms with Crippen molar-refractivity contribution in [3.05, 3.63) is 0 Å². The van der Waals surface area contributed by atoms with Gasteiger partial charge < -0.3 is 10.6 Å². The minimum absolute atomic E-state index is 0.142. The molecule has 0 bridgehead atoms. The molecule has 1 saturated carbocycles. The highest BCUT2D eigenvalue weighted by Crippen LogP contribution is 2.26. The molecule has 2 N–H and O–H groups in total. The van der Waals surface area contributed by atoms with Gasteiger partial charge in [0, 0.05) is 17.8 Å². The number of carbonyl (C=O) groups excluding carboxylic acids is 1. The molecule has 0 aromatic rings. The molecule has 0 saturated heterocycles. The Morgan fingerprint density at radius 3 is 2.82 bits per heavy atom. The summed E-state index contributed by atoms with van der Waals surface area (Å²) >= 11 is 1.93. The zero-order chi connectivity index (χ0) is 12.5. The van der Waals surface area contributed by atoms with Gasteiger partial charge in [0.1, 0.15) is 0 Å². The standard InChI is InChI=1S/C13H26N2OS/c1-3-4-9-14-13(16)10-15-11-7-5-6-8-12(11)17-2/h11-12,15H,3-10H2,1-2H3,(H,14,16). The van der Waals surface area contributed by atoms with E-state index in [-0.39, 0.29) is 5.91 Å². The van der Waals surface area contributed by atoms with E-state index in [4.69, 9.17) is 0 Å². The lowest BCUT2D eigenvalue weighted by Gasteiger charge is -2.30. The average Bonchev–Trinajstić information content (AvgIpc) is 2.37. The normalized spacial score (nSPS) is 24.6. The Morgan fingerprint density at radius 2 is 2.12 bits per heavy atom. The molecule has 2 atom stereocenters. The van der Waals surface area contributed by atoms with Crippen LogP contribution in [0.2, 0.25) is 0 Å². The quantitative estimate of drug-likeness (QED) is 0.688. The van der Waals surface area contributed by atoms with Crippen LogP contribution in [-0.2, 0) is 4.79 Å². The van der Waals surface area contributed by atoms with Gasteiger partial charge in [-0.15, -0.1) is 0 Å². The van der Waals surface area contributed by atoms with Crippen molar-refractivity contribution in [3.63, 3.8) is 0 Å². The third kappa shape index (κ3) is 5.77. The molecule has 100 valence electrons. The van der Waals surface area contributed by atoms with Crippen molar-refractivity contribution in [1.29, 1.82) is 0 Å². The maximum absolute atomic E-state index is 11.6. The summed E-state index contributed by atoms with van der Waals surface area (Å²) in [6.07, 6.45) is 9.52. The van der Waals surface area contributed by atoms with Gasteiger partial charge in [-0.05, 0) is 25.5 Å². The van der Waals surface area contributed by atoms with E-state index in [1.807, 2.05) is 11.8 Å². The largest absolute Gasteiger partial charge is 0.355 e. The Hall–Kier alpha value is -0.220. The van der Waals surface area contributed by atoms with Crippen LogP contribution in [0.4, 0.5) is 0 Å². The summed E-state index contributed by atoms with van der Waals surface area (Å²) in [6, 6.07) is 0.524. The molecule has 3 nitrogen and oxygen atoms in total. The monoisotopic (exact) mass is 258 g/mol. The van der Waals surface area contributed by atoms with Gasteiger partial charge in [0.25, 0.3) is 0 Å². The van der Waals surface area contributed by atoms with E-state index in [0.717, 1.165) is 19.4 Å². The summed E-state index contributed by atoms with van der Waals surface area (Å²) < 4.78 is 0. The second-order valence-corrected chi connectivity index (χ2v) is 5.83. The van der Waals surface area contributed by atoms with Gasteiger partial charge in [-0.25, -0.2) is 0 Å². The molecule has 0 radical (unpaired) electrons. The fourth-order valence-electron chi connectivity index (χ4n) is 2.30. The first-order valence-electron chi connectivity index (χ1n) is 6.80. The second kappa shape index (κ2) is 8.81.